The van der Waals surface area contributed by atoms with Crippen molar-refractivity contribution in [1.29, 1.82) is 0 Å². The molecule has 1 saturated carbocycles. The van der Waals surface area contributed by atoms with Crippen LogP contribution in [-0.4, -0.2) is 33.8 Å². The third-order valence-corrected chi connectivity index (χ3v) is 4.27. The van der Waals surface area contributed by atoms with E-state index in [0.29, 0.717) is 18.6 Å². The minimum absolute atomic E-state index is 0.332. The van der Waals surface area contributed by atoms with E-state index in [9.17, 15) is 0 Å². The second-order valence-corrected chi connectivity index (χ2v) is 5.56. The SMILES string of the molecule is CCCn1cc(C(CN)N(CC)C2CCCC2)cn1. The Morgan fingerprint density at radius 2 is 2.16 bits per heavy atom. The second kappa shape index (κ2) is 7.06. The molecule has 1 atom stereocenters. The zero-order valence-electron chi connectivity index (χ0n) is 12.4. The van der Waals surface area contributed by atoms with Crippen LogP contribution in [0.2, 0.25) is 0 Å². The van der Waals surface area contributed by atoms with Crippen molar-refractivity contribution in [1.82, 2.24) is 14.7 Å². The van der Waals surface area contributed by atoms with Crippen LogP contribution in [0.15, 0.2) is 12.4 Å². The summed E-state index contributed by atoms with van der Waals surface area (Å²) < 4.78 is 2.04. The van der Waals surface area contributed by atoms with Gasteiger partial charge in [0.1, 0.15) is 0 Å². The molecule has 0 aromatic carbocycles. The third kappa shape index (κ3) is 3.37. The third-order valence-electron chi connectivity index (χ3n) is 4.27. The van der Waals surface area contributed by atoms with Crippen molar-refractivity contribution in [2.24, 2.45) is 5.73 Å². The Morgan fingerprint density at radius 1 is 1.42 bits per heavy atom. The lowest BCUT2D eigenvalue weighted by atomic mass is 10.1. The molecule has 1 aliphatic carbocycles. The summed E-state index contributed by atoms with van der Waals surface area (Å²) >= 11 is 0. The topological polar surface area (TPSA) is 47.1 Å². The summed E-state index contributed by atoms with van der Waals surface area (Å²) in [5.41, 5.74) is 7.34. The molecule has 4 nitrogen and oxygen atoms in total. The molecule has 1 aliphatic rings. The first-order valence-corrected chi connectivity index (χ1v) is 7.78. The van der Waals surface area contributed by atoms with Crippen molar-refractivity contribution >= 4 is 0 Å². The summed E-state index contributed by atoms with van der Waals surface area (Å²) in [7, 11) is 0. The van der Waals surface area contributed by atoms with Gasteiger partial charge in [-0.2, -0.15) is 5.10 Å². The van der Waals surface area contributed by atoms with E-state index in [2.05, 4.69) is 30.0 Å². The Balaban J connectivity index is 2.11. The highest BCUT2D eigenvalue weighted by Crippen LogP contribution is 2.30. The number of hydrogen-bond donors (Lipinski definition) is 1. The van der Waals surface area contributed by atoms with Gasteiger partial charge in [0.15, 0.2) is 0 Å². The van der Waals surface area contributed by atoms with Crippen LogP contribution in [0.5, 0.6) is 0 Å². The van der Waals surface area contributed by atoms with E-state index in [0.717, 1.165) is 19.5 Å². The number of nitrogens with zero attached hydrogens (tertiary/aromatic N) is 3. The van der Waals surface area contributed by atoms with Gasteiger partial charge in [-0.3, -0.25) is 9.58 Å². The molecule has 1 heterocycles. The zero-order valence-corrected chi connectivity index (χ0v) is 12.4. The fraction of sp³-hybridized carbons (Fsp3) is 0.800. The molecule has 4 heteroatoms. The molecule has 0 bridgehead atoms. The minimum atomic E-state index is 0.332. The van der Waals surface area contributed by atoms with Crippen molar-refractivity contribution in [3.63, 3.8) is 0 Å². The summed E-state index contributed by atoms with van der Waals surface area (Å²) in [4.78, 5) is 2.58. The highest BCUT2D eigenvalue weighted by molar-refractivity contribution is 5.12. The Hall–Kier alpha value is -0.870. The van der Waals surface area contributed by atoms with E-state index < -0.39 is 0 Å². The van der Waals surface area contributed by atoms with Gasteiger partial charge in [0, 0.05) is 30.9 Å². The lowest BCUT2D eigenvalue weighted by Gasteiger charge is -2.34. The Bertz CT molecular complexity index is 368. The summed E-state index contributed by atoms with van der Waals surface area (Å²) in [6.07, 6.45) is 10.7. The summed E-state index contributed by atoms with van der Waals surface area (Å²) in [5, 5.41) is 4.45. The molecule has 0 amide bonds. The molecule has 19 heavy (non-hydrogen) atoms. The van der Waals surface area contributed by atoms with Crippen molar-refractivity contribution in [3.05, 3.63) is 18.0 Å². The average molecular weight is 264 g/mol. The van der Waals surface area contributed by atoms with Crippen LogP contribution < -0.4 is 5.73 Å². The molecule has 1 aromatic heterocycles. The molecule has 0 radical (unpaired) electrons. The van der Waals surface area contributed by atoms with E-state index in [1.165, 1.54) is 31.2 Å². The van der Waals surface area contributed by atoms with Gasteiger partial charge in [0.05, 0.1) is 12.2 Å². The number of aryl methyl sites for hydroxylation is 1. The largest absolute Gasteiger partial charge is 0.329 e. The maximum absolute atomic E-state index is 6.05. The number of nitrogens with two attached hydrogens (primary N) is 1. The van der Waals surface area contributed by atoms with Gasteiger partial charge >= 0.3 is 0 Å². The van der Waals surface area contributed by atoms with Crippen LogP contribution in [0.3, 0.4) is 0 Å². The van der Waals surface area contributed by atoms with Crippen molar-refractivity contribution in [2.45, 2.75) is 64.6 Å². The molecular formula is C15H28N4. The Morgan fingerprint density at radius 3 is 2.74 bits per heavy atom. The van der Waals surface area contributed by atoms with Crippen LogP contribution in [0.1, 0.15) is 57.6 Å². The van der Waals surface area contributed by atoms with Crippen molar-refractivity contribution in [3.8, 4) is 0 Å². The Kier molecular flexibility index (Phi) is 5.40. The van der Waals surface area contributed by atoms with E-state index in [4.69, 9.17) is 5.73 Å². The number of hydrogen-bond acceptors (Lipinski definition) is 3. The standard InChI is InChI=1S/C15H28N4/c1-3-9-18-12-13(11-17-18)15(10-16)19(4-2)14-7-5-6-8-14/h11-12,14-15H,3-10,16H2,1-2H3. The maximum atomic E-state index is 6.05. The van der Waals surface area contributed by atoms with E-state index in [-0.39, 0.29) is 0 Å². The minimum Gasteiger partial charge on any atom is -0.329 e. The molecule has 1 unspecified atom stereocenters. The lowest BCUT2D eigenvalue weighted by Crippen LogP contribution is -2.40. The monoisotopic (exact) mass is 264 g/mol. The fourth-order valence-corrected chi connectivity index (χ4v) is 3.33. The smallest absolute Gasteiger partial charge is 0.0538 e. The first-order chi connectivity index (χ1) is 9.30. The van der Waals surface area contributed by atoms with Crippen LogP contribution >= 0.6 is 0 Å². The first kappa shape index (κ1) is 14.5. The molecule has 0 spiro atoms. The molecule has 1 aromatic rings. The van der Waals surface area contributed by atoms with Crippen LogP contribution in [0.25, 0.3) is 0 Å². The zero-order chi connectivity index (χ0) is 13.7. The van der Waals surface area contributed by atoms with E-state index in [1.807, 2.05) is 10.9 Å². The van der Waals surface area contributed by atoms with Gasteiger partial charge < -0.3 is 5.73 Å². The second-order valence-electron chi connectivity index (χ2n) is 5.56. The van der Waals surface area contributed by atoms with Gasteiger partial charge in [-0.25, -0.2) is 0 Å². The van der Waals surface area contributed by atoms with Gasteiger partial charge in [-0.05, 0) is 25.8 Å². The van der Waals surface area contributed by atoms with Gasteiger partial charge in [0.25, 0.3) is 0 Å². The predicted molar refractivity (Wildman–Crippen MR) is 78.9 cm³/mol. The fourth-order valence-electron chi connectivity index (χ4n) is 3.33. The first-order valence-electron chi connectivity index (χ1n) is 7.78. The van der Waals surface area contributed by atoms with Gasteiger partial charge in [-0.1, -0.05) is 26.7 Å². The highest BCUT2D eigenvalue weighted by Gasteiger charge is 2.28. The van der Waals surface area contributed by atoms with Crippen molar-refractivity contribution in [2.75, 3.05) is 13.1 Å². The number of aromatic nitrogens is 2. The molecular weight excluding hydrogens is 236 g/mol. The van der Waals surface area contributed by atoms with E-state index >= 15 is 0 Å². The average Bonchev–Trinajstić information content (AvgIpc) is 3.07. The molecule has 108 valence electrons. The summed E-state index contributed by atoms with van der Waals surface area (Å²) in [6, 6.07) is 1.05. The molecule has 1 fully saturated rings. The lowest BCUT2D eigenvalue weighted by molar-refractivity contribution is 0.147. The molecule has 2 rings (SSSR count). The Labute approximate surface area is 117 Å². The normalized spacial score (nSPS) is 18.3. The predicted octanol–water partition coefficient (Wildman–Crippen LogP) is 2.56. The van der Waals surface area contributed by atoms with Gasteiger partial charge in [0.2, 0.25) is 0 Å². The summed E-state index contributed by atoms with van der Waals surface area (Å²) in [6.45, 7) is 7.18. The highest BCUT2D eigenvalue weighted by atomic mass is 15.3. The number of rotatable bonds is 7. The quantitative estimate of drug-likeness (QED) is 0.823. The van der Waals surface area contributed by atoms with Crippen LogP contribution in [0.4, 0.5) is 0 Å². The molecule has 0 saturated heterocycles. The summed E-state index contributed by atoms with van der Waals surface area (Å²) in [5.74, 6) is 0. The van der Waals surface area contributed by atoms with Crippen LogP contribution in [0, 0.1) is 0 Å². The van der Waals surface area contributed by atoms with Gasteiger partial charge in [-0.15, -0.1) is 0 Å². The van der Waals surface area contributed by atoms with Crippen LogP contribution in [-0.2, 0) is 6.54 Å². The van der Waals surface area contributed by atoms with Crippen molar-refractivity contribution < 1.29 is 0 Å². The number of likely N-dealkylation sites (N-methyl/N-ethyl adjacent to an activating group) is 1. The van der Waals surface area contributed by atoms with E-state index in [1.54, 1.807) is 0 Å². The molecule has 2 N–H and O–H groups in total. The molecule has 0 aliphatic heterocycles. The maximum Gasteiger partial charge on any atom is 0.0538 e.